The molecule has 0 aromatic carbocycles. The van der Waals surface area contributed by atoms with E-state index < -0.39 is 55.3 Å². The van der Waals surface area contributed by atoms with Gasteiger partial charge in [0.1, 0.15) is 8.07 Å². The minimum atomic E-state index is -8.57. The molecule has 0 bridgehead atoms. The molecule has 0 aliphatic carbocycles. The summed E-state index contributed by atoms with van der Waals surface area (Å²) in [5.41, 5.74) is -6.23. The number of hydrogen-bond acceptors (Lipinski definition) is 0. The molecule has 0 rings (SSSR count). The second-order valence-corrected chi connectivity index (χ2v) is 11.9. The van der Waals surface area contributed by atoms with Gasteiger partial charge in [0.25, 0.3) is 5.55 Å². The Morgan fingerprint density at radius 2 is 0.552 bits per heavy atom. The van der Waals surface area contributed by atoms with E-state index in [1.165, 1.54) is 0 Å². The van der Waals surface area contributed by atoms with Crippen molar-refractivity contribution in [3.63, 3.8) is 0 Å². The van der Waals surface area contributed by atoms with Crippen molar-refractivity contribution >= 4 is 8.07 Å². The van der Waals surface area contributed by atoms with E-state index in [2.05, 4.69) is 0 Å². The van der Waals surface area contributed by atoms with E-state index in [1.54, 1.807) is 0 Å². The zero-order valence-electron chi connectivity index (χ0n) is 13.9. The predicted octanol–water partition coefficient (Wildman–Crippen LogP) is 6.87. The van der Waals surface area contributed by atoms with Crippen molar-refractivity contribution in [1.82, 2.24) is 0 Å². The van der Waals surface area contributed by atoms with Gasteiger partial charge in [-0.05, 0) is 0 Å². The van der Waals surface area contributed by atoms with Gasteiger partial charge in [-0.2, -0.15) is 65.9 Å². The second-order valence-electron chi connectivity index (χ2n) is 6.77. The molecule has 0 fully saturated rings. The van der Waals surface area contributed by atoms with Crippen LogP contribution in [0.1, 0.15) is 0 Å². The second kappa shape index (κ2) is 6.51. The first kappa shape index (κ1) is 28.0. The van der Waals surface area contributed by atoms with Gasteiger partial charge in [0, 0.05) is 0 Å². The molecule has 0 atom stereocenters. The highest BCUT2D eigenvalue weighted by Gasteiger charge is 2.95. The highest BCUT2D eigenvalue weighted by molar-refractivity contribution is 6.78. The lowest BCUT2D eigenvalue weighted by molar-refractivity contribution is -0.458. The Kier molecular flexibility index (Phi) is 6.29. The zero-order valence-corrected chi connectivity index (χ0v) is 14.9. The maximum atomic E-state index is 13.6. The van der Waals surface area contributed by atoms with Gasteiger partial charge in [-0.25, -0.2) is 8.78 Å². The molecule has 0 saturated carbocycles. The first-order valence-electron chi connectivity index (χ1n) is 6.71. The largest absolute Gasteiger partial charge is 0.460 e. The van der Waals surface area contributed by atoms with Gasteiger partial charge in [0.05, 0.1) is 0 Å². The van der Waals surface area contributed by atoms with Gasteiger partial charge in [0.2, 0.25) is 0 Å². The van der Waals surface area contributed by atoms with E-state index >= 15 is 0 Å². The van der Waals surface area contributed by atoms with Crippen molar-refractivity contribution in [3.05, 3.63) is 0 Å². The predicted molar refractivity (Wildman–Crippen MR) is 64.0 cm³/mol. The molecule has 0 saturated heterocycles. The number of alkyl halides is 17. The third kappa shape index (κ3) is 3.36. The third-order valence-corrected chi connectivity index (χ3v) is 5.86. The molecule has 0 aliphatic rings. The molecule has 0 unspecified atom stereocenters. The Hall–Kier alpha value is -0.973. The lowest BCUT2D eigenvalue weighted by Gasteiger charge is -2.44. The molecule has 0 aliphatic heterocycles. The zero-order chi connectivity index (χ0) is 24.5. The number of rotatable bonds is 7. The van der Waals surface area contributed by atoms with Crippen LogP contribution in [-0.4, -0.2) is 55.3 Å². The Morgan fingerprint density at radius 1 is 0.345 bits per heavy atom. The standard InChI is InChI=1S/C11H9F17Si/c1-29(2,3)11(27,28)9(22,23)7(18,19)5(14,15)4(12,13)6(16,17)8(20,21)10(24,25)26/h1-3H3. The summed E-state index contributed by atoms with van der Waals surface area (Å²) in [5.74, 6) is -49.4. The van der Waals surface area contributed by atoms with E-state index in [0.29, 0.717) is 0 Å². The van der Waals surface area contributed by atoms with E-state index in [0.717, 1.165) is 0 Å². The molecule has 0 heterocycles. The minimum Gasteiger partial charge on any atom is -0.205 e. The first-order chi connectivity index (χ1) is 12.0. The Morgan fingerprint density at radius 3 is 0.759 bits per heavy atom. The molecule has 18 heteroatoms. The van der Waals surface area contributed by atoms with E-state index in [-0.39, 0.29) is 19.6 Å². The average Bonchev–Trinajstić information content (AvgIpc) is 2.43. The number of hydrogen-bond donors (Lipinski definition) is 0. The summed E-state index contributed by atoms with van der Waals surface area (Å²) in [5, 5.41) is 0. The minimum absolute atomic E-state index is 0.139. The third-order valence-electron chi connectivity index (χ3n) is 3.66. The summed E-state index contributed by atoms with van der Waals surface area (Å²) in [6, 6.07) is 0. The maximum Gasteiger partial charge on any atom is 0.460 e. The van der Waals surface area contributed by atoms with E-state index in [4.69, 9.17) is 0 Å². The van der Waals surface area contributed by atoms with Gasteiger partial charge in [-0.15, -0.1) is 0 Å². The highest BCUT2D eigenvalue weighted by Crippen LogP contribution is 2.64. The van der Waals surface area contributed by atoms with Crippen LogP contribution in [0.2, 0.25) is 19.6 Å². The lowest BCUT2D eigenvalue weighted by Crippen LogP contribution is -2.76. The van der Waals surface area contributed by atoms with Crippen LogP contribution in [0, 0.1) is 0 Å². The van der Waals surface area contributed by atoms with Gasteiger partial charge >= 0.3 is 41.7 Å². The molecular formula is C11H9F17Si. The quantitative estimate of drug-likeness (QED) is 0.269. The van der Waals surface area contributed by atoms with Crippen LogP contribution in [-0.2, 0) is 0 Å². The summed E-state index contributed by atoms with van der Waals surface area (Å²) in [4.78, 5) is 0. The molecule has 0 spiro atoms. The monoisotopic (exact) mass is 492 g/mol. The Balaban J connectivity index is 6.82. The summed E-state index contributed by atoms with van der Waals surface area (Å²) >= 11 is 0. The fourth-order valence-corrected chi connectivity index (χ4v) is 2.73. The van der Waals surface area contributed by atoms with Gasteiger partial charge in [-0.1, -0.05) is 19.6 Å². The summed E-state index contributed by atoms with van der Waals surface area (Å²) in [7, 11) is -5.04. The number of halogens is 17. The van der Waals surface area contributed by atoms with Crippen LogP contribution in [0.5, 0.6) is 0 Å². The molecule has 176 valence electrons. The van der Waals surface area contributed by atoms with E-state index in [1.807, 2.05) is 0 Å². The average molecular weight is 492 g/mol. The molecule has 0 aromatic heterocycles. The van der Waals surface area contributed by atoms with Crippen molar-refractivity contribution < 1.29 is 74.6 Å². The van der Waals surface area contributed by atoms with Crippen molar-refractivity contribution in [2.24, 2.45) is 0 Å². The smallest absolute Gasteiger partial charge is 0.205 e. The molecule has 0 radical (unpaired) electrons. The van der Waals surface area contributed by atoms with Crippen LogP contribution < -0.4 is 0 Å². The van der Waals surface area contributed by atoms with Crippen molar-refractivity contribution in [3.8, 4) is 0 Å². The van der Waals surface area contributed by atoms with Crippen molar-refractivity contribution in [2.75, 3.05) is 0 Å². The fourth-order valence-electron chi connectivity index (χ4n) is 1.63. The summed E-state index contributed by atoms with van der Waals surface area (Å²) < 4.78 is 221. The molecular weight excluding hydrogens is 483 g/mol. The molecule has 0 aromatic rings. The topological polar surface area (TPSA) is 0 Å². The first-order valence-corrected chi connectivity index (χ1v) is 10.2. The highest BCUT2D eigenvalue weighted by atomic mass is 28.3. The van der Waals surface area contributed by atoms with Crippen LogP contribution >= 0.6 is 0 Å². The Labute approximate surface area is 151 Å². The fraction of sp³-hybridized carbons (Fsp3) is 1.00. The SMILES string of the molecule is C[Si](C)(C)C(F)(F)C(F)(F)C(F)(F)C(F)(F)C(F)(F)C(F)(F)C(F)(F)C(F)(F)F. The molecule has 0 nitrogen and oxygen atoms in total. The van der Waals surface area contributed by atoms with Crippen LogP contribution in [0.15, 0.2) is 0 Å². The van der Waals surface area contributed by atoms with Crippen LogP contribution in [0.4, 0.5) is 74.6 Å². The maximum absolute atomic E-state index is 13.6. The van der Waals surface area contributed by atoms with E-state index in [9.17, 15) is 74.6 Å². The molecule has 0 N–H and O–H groups in total. The Bertz CT molecular complexity index is 556. The summed E-state index contributed by atoms with van der Waals surface area (Å²) in [6.45, 7) is 0.416. The van der Waals surface area contributed by atoms with Gasteiger partial charge in [0.15, 0.2) is 0 Å². The summed E-state index contributed by atoms with van der Waals surface area (Å²) in [6.07, 6.45) is -7.74. The van der Waals surface area contributed by atoms with Gasteiger partial charge < -0.3 is 0 Å². The van der Waals surface area contributed by atoms with Crippen LogP contribution in [0.3, 0.4) is 0 Å². The van der Waals surface area contributed by atoms with Crippen molar-refractivity contribution in [1.29, 1.82) is 0 Å². The van der Waals surface area contributed by atoms with Crippen LogP contribution in [0.25, 0.3) is 0 Å². The van der Waals surface area contributed by atoms with Gasteiger partial charge in [-0.3, -0.25) is 0 Å². The lowest BCUT2D eigenvalue weighted by atomic mass is 9.91. The molecule has 29 heavy (non-hydrogen) atoms. The normalized spacial score (nSPS) is 17.0. The van der Waals surface area contributed by atoms with Crippen molar-refractivity contribution in [2.45, 2.75) is 66.9 Å². The molecule has 0 amide bonds.